The van der Waals surface area contributed by atoms with Crippen molar-refractivity contribution in [2.24, 2.45) is 0 Å². The average Bonchev–Trinajstić information content (AvgIpc) is 2.29. The number of carbonyl (C=O) groups is 1. The van der Waals surface area contributed by atoms with Gasteiger partial charge in [-0.1, -0.05) is 32.4 Å². The van der Waals surface area contributed by atoms with Gasteiger partial charge in [-0.2, -0.15) is 0 Å². The third-order valence-corrected chi connectivity index (χ3v) is 8.97. The Morgan fingerprint density at radius 1 is 1.38 bits per heavy atom. The molecule has 0 saturated carbocycles. The summed E-state index contributed by atoms with van der Waals surface area (Å²) < 4.78 is 6.18. The van der Waals surface area contributed by atoms with E-state index in [1.165, 1.54) is 0 Å². The molecule has 0 aliphatic heterocycles. The second-order valence-corrected chi connectivity index (χ2v) is 11.9. The van der Waals surface area contributed by atoms with Gasteiger partial charge in [-0.3, -0.25) is 5.32 Å². The SMILES string of the molecule is Cc1c(Cl)cc(NC(=O)O)cc1CO[Si](C)(C)C(C)(C)C. The molecule has 1 aromatic rings. The fourth-order valence-corrected chi connectivity index (χ4v) is 2.74. The minimum absolute atomic E-state index is 0.127. The van der Waals surface area contributed by atoms with Crippen LogP contribution in [-0.2, 0) is 11.0 Å². The molecule has 0 fully saturated rings. The number of halogens is 1. The number of benzene rings is 1. The van der Waals surface area contributed by atoms with E-state index >= 15 is 0 Å². The Kier molecular flexibility index (Phi) is 5.47. The van der Waals surface area contributed by atoms with Gasteiger partial charge in [0.15, 0.2) is 8.32 Å². The molecule has 0 aromatic heterocycles. The molecule has 21 heavy (non-hydrogen) atoms. The average molecular weight is 330 g/mol. The number of amides is 1. The molecule has 118 valence electrons. The highest BCUT2D eigenvalue weighted by Gasteiger charge is 2.37. The molecule has 0 heterocycles. The van der Waals surface area contributed by atoms with Gasteiger partial charge in [0.05, 0.1) is 6.61 Å². The first-order valence-electron chi connectivity index (χ1n) is 6.87. The van der Waals surface area contributed by atoms with Gasteiger partial charge in [0, 0.05) is 10.7 Å². The minimum Gasteiger partial charge on any atom is -0.465 e. The van der Waals surface area contributed by atoms with Crippen molar-refractivity contribution in [3.05, 3.63) is 28.3 Å². The molecule has 2 N–H and O–H groups in total. The Bertz CT molecular complexity index is 538. The van der Waals surface area contributed by atoms with Crippen LogP contribution in [0.2, 0.25) is 23.2 Å². The zero-order valence-corrected chi connectivity index (χ0v) is 15.3. The molecule has 0 radical (unpaired) electrons. The monoisotopic (exact) mass is 329 g/mol. The van der Waals surface area contributed by atoms with Gasteiger partial charge in [-0.25, -0.2) is 4.79 Å². The lowest BCUT2D eigenvalue weighted by Crippen LogP contribution is -2.40. The smallest absolute Gasteiger partial charge is 0.409 e. The molecule has 0 spiro atoms. The number of hydrogen-bond acceptors (Lipinski definition) is 2. The summed E-state index contributed by atoms with van der Waals surface area (Å²) in [5, 5.41) is 11.8. The molecular formula is C15H24ClNO3Si. The topological polar surface area (TPSA) is 58.6 Å². The first kappa shape index (κ1) is 18.0. The maximum atomic E-state index is 10.7. The summed E-state index contributed by atoms with van der Waals surface area (Å²) in [5.74, 6) is 0. The fraction of sp³-hybridized carbons (Fsp3) is 0.533. The van der Waals surface area contributed by atoms with Crippen LogP contribution in [0, 0.1) is 6.92 Å². The maximum absolute atomic E-state index is 10.7. The Morgan fingerprint density at radius 2 is 1.95 bits per heavy atom. The lowest BCUT2D eigenvalue weighted by molar-refractivity contribution is 0.209. The van der Waals surface area contributed by atoms with Gasteiger partial charge < -0.3 is 9.53 Å². The van der Waals surface area contributed by atoms with E-state index in [-0.39, 0.29) is 5.04 Å². The van der Waals surface area contributed by atoms with E-state index in [1.807, 2.05) is 6.92 Å². The third-order valence-electron chi connectivity index (χ3n) is 4.10. The highest BCUT2D eigenvalue weighted by atomic mass is 35.5. The van der Waals surface area contributed by atoms with Gasteiger partial charge >= 0.3 is 6.09 Å². The van der Waals surface area contributed by atoms with Crippen molar-refractivity contribution in [1.82, 2.24) is 0 Å². The molecule has 6 heteroatoms. The van der Waals surface area contributed by atoms with Gasteiger partial charge in [0.25, 0.3) is 0 Å². The van der Waals surface area contributed by atoms with Crippen molar-refractivity contribution in [3.63, 3.8) is 0 Å². The summed E-state index contributed by atoms with van der Waals surface area (Å²) in [4.78, 5) is 10.7. The molecule has 1 amide bonds. The molecule has 0 saturated heterocycles. The van der Waals surface area contributed by atoms with Crippen molar-refractivity contribution in [2.75, 3.05) is 5.32 Å². The lowest BCUT2D eigenvalue weighted by atomic mass is 10.1. The Balaban J connectivity index is 2.98. The van der Waals surface area contributed by atoms with Crippen molar-refractivity contribution < 1.29 is 14.3 Å². The van der Waals surface area contributed by atoms with E-state index in [9.17, 15) is 4.79 Å². The largest absolute Gasteiger partial charge is 0.465 e. The maximum Gasteiger partial charge on any atom is 0.409 e. The number of hydrogen-bond donors (Lipinski definition) is 2. The van der Waals surface area contributed by atoms with Crippen molar-refractivity contribution in [1.29, 1.82) is 0 Å². The van der Waals surface area contributed by atoms with E-state index in [0.29, 0.717) is 17.3 Å². The van der Waals surface area contributed by atoms with Crippen LogP contribution >= 0.6 is 11.6 Å². The fourth-order valence-electron chi connectivity index (χ4n) is 1.56. The number of carboxylic acid groups (broad SMARTS) is 1. The van der Waals surface area contributed by atoms with Crippen LogP contribution in [-0.4, -0.2) is 19.5 Å². The summed E-state index contributed by atoms with van der Waals surface area (Å²) in [6.07, 6.45) is -1.11. The minimum atomic E-state index is -1.86. The first-order chi connectivity index (χ1) is 9.44. The molecule has 4 nitrogen and oxygen atoms in total. The molecule has 0 aliphatic rings. The third kappa shape index (κ3) is 4.73. The Morgan fingerprint density at radius 3 is 2.43 bits per heavy atom. The van der Waals surface area contributed by atoms with Crippen LogP contribution in [0.15, 0.2) is 12.1 Å². The number of nitrogens with one attached hydrogen (secondary N) is 1. The van der Waals surface area contributed by atoms with Crippen LogP contribution in [0.4, 0.5) is 10.5 Å². The first-order valence-corrected chi connectivity index (χ1v) is 10.2. The number of anilines is 1. The summed E-state index contributed by atoms with van der Waals surface area (Å²) in [6, 6.07) is 3.39. The zero-order valence-electron chi connectivity index (χ0n) is 13.5. The van der Waals surface area contributed by atoms with E-state index in [4.69, 9.17) is 21.1 Å². The van der Waals surface area contributed by atoms with E-state index in [2.05, 4.69) is 39.2 Å². The summed E-state index contributed by atoms with van der Waals surface area (Å²) in [7, 11) is -1.86. The summed E-state index contributed by atoms with van der Waals surface area (Å²) in [6.45, 7) is 13.3. The van der Waals surface area contributed by atoms with Crippen LogP contribution in [0.1, 0.15) is 31.9 Å². The van der Waals surface area contributed by atoms with Gasteiger partial charge in [0.1, 0.15) is 0 Å². The zero-order chi connectivity index (χ0) is 16.4. The van der Waals surface area contributed by atoms with Crippen molar-refractivity contribution in [2.45, 2.75) is 52.4 Å². The second kappa shape index (κ2) is 6.38. The highest BCUT2D eigenvalue weighted by Crippen LogP contribution is 2.37. The Hall–Kier alpha value is -1.04. The van der Waals surface area contributed by atoms with E-state index in [1.54, 1.807) is 12.1 Å². The van der Waals surface area contributed by atoms with Crippen molar-refractivity contribution >= 4 is 31.7 Å². The second-order valence-electron chi connectivity index (χ2n) is 6.72. The molecule has 1 aromatic carbocycles. The number of rotatable bonds is 4. The van der Waals surface area contributed by atoms with Gasteiger partial charge in [-0.05, 0) is 48.3 Å². The predicted molar refractivity (Wildman–Crippen MR) is 89.8 cm³/mol. The van der Waals surface area contributed by atoms with Crippen molar-refractivity contribution in [3.8, 4) is 0 Å². The van der Waals surface area contributed by atoms with Crippen LogP contribution in [0.25, 0.3) is 0 Å². The van der Waals surface area contributed by atoms with Gasteiger partial charge in [0.2, 0.25) is 0 Å². The van der Waals surface area contributed by atoms with Crippen LogP contribution < -0.4 is 5.32 Å². The molecule has 0 unspecified atom stereocenters. The van der Waals surface area contributed by atoms with Gasteiger partial charge in [-0.15, -0.1) is 0 Å². The molecular weight excluding hydrogens is 306 g/mol. The van der Waals surface area contributed by atoms with E-state index < -0.39 is 14.4 Å². The predicted octanol–water partition coefficient (Wildman–Crippen LogP) is 5.26. The lowest BCUT2D eigenvalue weighted by Gasteiger charge is -2.36. The Labute approximate surface area is 132 Å². The molecule has 0 bridgehead atoms. The molecule has 0 aliphatic carbocycles. The standard InChI is InChI=1S/C15H24ClNO3Si/c1-10-11(9-20-21(5,6)15(2,3)4)7-12(8-13(10)16)17-14(18)19/h7-8,17H,9H2,1-6H3,(H,18,19). The van der Waals surface area contributed by atoms with E-state index in [0.717, 1.165) is 11.1 Å². The highest BCUT2D eigenvalue weighted by molar-refractivity contribution is 6.74. The molecule has 0 atom stereocenters. The van der Waals surface area contributed by atoms with Crippen LogP contribution in [0.5, 0.6) is 0 Å². The molecule has 1 rings (SSSR count). The normalized spacial score (nSPS) is 12.3. The summed E-state index contributed by atoms with van der Waals surface area (Å²) in [5.41, 5.74) is 2.30. The van der Waals surface area contributed by atoms with Crippen LogP contribution in [0.3, 0.4) is 0 Å². The quantitative estimate of drug-likeness (QED) is 0.741. The summed E-state index contributed by atoms with van der Waals surface area (Å²) >= 11 is 6.17.